The van der Waals surface area contributed by atoms with Gasteiger partial charge in [-0.05, 0) is 18.2 Å². The fourth-order valence-corrected chi connectivity index (χ4v) is 1.10. The van der Waals surface area contributed by atoms with E-state index >= 15 is 0 Å². The predicted molar refractivity (Wildman–Crippen MR) is 55.6 cm³/mol. The van der Waals surface area contributed by atoms with E-state index in [1.807, 2.05) is 6.08 Å². The van der Waals surface area contributed by atoms with E-state index in [0.29, 0.717) is 5.56 Å². The van der Waals surface area contributed by atoms with Crippen molar-refractivity contribution in [2.45, 2.75) is 6.42 Å². The zero-order chi connectivity index (χ0) is 9.68. The summed E-state index contributed by atoms with van der Waals surface area (Å²) >= 11 is 4.02. The van der Waals surface area contributed by atoms with Crippen LogP contribution in [0.15, 0.2) is 24.3 Å². The number of halogens is 1. The van der Waals surface area contributed by atoms with Crippen LogP contribution in [0.1, 0.15) is 12.0 Å². The third-order valence-electron chi connectivity index (χ3n) is 1.60. The first-order valence-corrected chi connectivity index (χ1v) is 4.64. The average molecular weight is 198 g/mol. The average Bonchev–Trinajstić information content (AvgIpc) is 2.13. The fraction of sp³-hybridized carbons (Fsp3) is 0.200. The molecule has 0 atom stereocenters. The molecule has 1 aromatic carbocycles. The molecule has 0 aliphatic carbocycles. The second kappa shape index (κ2) is 4.92. The number of hydrogen-bond donors (Lipinski definition) is 2. The van der Waals surface area contributed by atoms with Crippen molar-refractivity contribution in [1.82, 2.24) is 0 Å². The Morgan fingerprint density at radius 3 is 2.92 bits per heavy atom. The van der Waals surface area contributed by atoms with Gasteiger partial charge in [0.05, 0.1) is 0 Å². The SMILES string of the molecule is Oc1cccc(C=CCCS)c1F. The second-order valence-corrected chi connectivity index (χ2v) is 3.04. The first-order valence-electron chi connectivity index (χ1n) is 4.00. The third kappa shape index (κ3) is 2.77. The Balaban J connectivity index is 2.83. The van der Waals surface area contributed by atoms with Crippen LogP contribution in [0.3, 0.4) is 0 Å². The molecule has 0 aromatic heterocycles. The van der Waals surface area contributed by atoms with Gasteiger partial charge in [-0.3, -0.25) is 0 Å². The monoisotopic (exact) mass is 198 g/mol. The van der Waals surface area contributed by atoms with E-state index < -0.39 is 5.82 Å². The second-order valence-electron chi connectivity index (χ2n) is 2.59. The summed E-state index contributed by atoms with van der Waals surface area (Å²) in [6.07, 6.45) is 4.26. The molecule has 1 aromatic rings. The molecule has 13 heavy (non-hydrogen) atoms. The molecule has 0 saturated heterocycles. The highest BCUT2D eigenvalue weighted by molar-refractivity contribution is 7.80. The molecule has 0 fully saturated rings. The van der Waals surface area contributed by atoms with Crippen molar-refractivity contribution in [1.29, 1.82) is 0 Å². The van der Waals surface area contributed by atoms with Gasteiger partial charge in [-0.2, -0.15) is 12.6 Å². The topological polar surface area (TPSA) is 20.2 Å². The van der Waals surface area contributed by atoms with Gasteiger partial charge in [0.2, 0.25) is 0 Å². The van der Waals surface area contributed by atoms with Crippen LogP contribution in [-0.4, -0.2) is 10.9 Å². The van der Waals surface area contributed by atoms with Gasteiger partial charge in [0, 0.05) is 5.56 Å². The molecule has 0 spiro atoms. The highest BCUT2D eigenvalue weighted by Crippen LogP contribution is 2.19. The Hall–Kier alpha value is -0.960. The molecule has 0 aliphatic rings. The van der Waals surface area contributed by atoms with Crippen molar-refractivity contribution in [3.8, 4) is 5.75 Å². The quantitative estimate of drug-likeness (QED) is 0.715. The van der Waals surface area contributed by atoms with Crippen LogP contribution >= 0.6 is 12.6 Å². The van der Waals surface area contributed by atoms with E-state index in [-0.39, 0.29) is 5.75 Å². The molecule has 0 heterocycles. The van der Waals surface area contributed by atoms with Crippen LogP contribution in [0.4, 0.5) is 4.39 Å². The lowest BCUT2D eigenvalue weighted by Crippen LogP contribution is -1.81. The first-order chi connectivity index (χ1) is 6.25. The number of hydrogen-bond acceptors (Lipinski definition) is 2. The van der Waals surface area contributed by atoms with Crippen molar-refractivity contribution in [2.24, 2.45) is 0 Å². The van der Waals surface area contributed by atoms with Gasteiger partial charge in [-0.1, -0.05) is 24.3 Å². The zero-order valence-electron chi connectivity index (χ0n) is 7.07. The lowest BCUT2D eigenvalue weighted by atomic mass is 10.2. The minimum atomic E-state index is -0.571. The largest absolute Gasteiger partial charge is 0.505 e. The lowest BCUT2D eigenvalue weighted by Gasteiger charge is -1.98. The molecule has 1 rings (SSSR count). The van der Waals surface area contributed by atoms with E-state index in [4.69, 9.17) is 5.11 Å². The molecule has 0 bridgehead atoms. The maximum absolute atomic E-state index is 13.1. The van der Waals surface area contributed by atoms with Crippen molar-refractivity contribution in [2.75, 3.05) is 5.75 Å². The summed E-state index contributed by atoms with van der Waals surface area (Å²) in [5.74, 6) is -0.150. The number of phenolic OH excluding ortho intramolecular Hbond substituents is 1. The maximum Gasteiger partial charge on any atom is 0.171 e. The molecule has 3 heteroatoms. The summed E-state index contributed by atoms with van der Waals surface area (Å²) in [5.41, 5.74) is 0.404. The van der Waals surface area contributed by atoms with Gasteiger partial charge in [-0.25, -0.2) is 4.39 Å². The number of allylic oxidation sites excluding steroid dienone is 1. The van der Waals surface area contributed by atoms with Crippen LogP contribution < -0.4 is 0 Å². The summed E-state index contributed by atoms with van der Waals surface area (Å²) in [6.45, 7) is 0. The zero-order valence-corrected chi connectivity index (χ0v) is 7.97. The van der Waals surface area contributed by atoms with Crippen molar-refractivity contribution in [3.63, 3.8) is 0 Å². The first kappa shape index (κ1) is 10.1. The van der Waals surface area contributed by atoms with Crippen LogP contribution in [-0.2, 0) is 0 Å². The molecular formula is C10H11FOS. The summed E-state index contributed by atoms with van der Waals surface area (Å²) in [7, 11) is 0. The number of phenols is 1. The normalized spacial score (nSPS) is 10.9. The Morgan fingerprint density at radius 1 is 1.46 bits per heavy atom. The molecule has 0 unspecified atom stereocenters. The molecule has 70 valence electrons. The lowest BCUT2D eigenvalue weighted by molar-refractivity contribution is 0.432. The van der Waals surface area contributed by atoms with Crippen LogP contribution in [0.5, 0.6) is 5.75 Å². The minimum absolute atomic E-state index is 0.312. The minimum Gasteiger partial charge on any atom is -0.505 e. The molecule has 1 N–H and O–H groups in total. The third-order valence-corrected chi connectivity index (χ3v) is 1.86. The molecule has 1 nitrogen and oxygen atoms in total. The van der Waals surface area contributed by atoms with Crippen molar-refractivity contribution < 1.29 is 9.50 Å². The number of thiol groups is 1. The number of benzene rings is 1. The van der Waals surface area contributed by atoms with Gasteiger partial charge in [0.25, 0.3) is 0 Å². The Morgan fingerprint density at radius 2 is 2.23 bits per heavy atom. The van der Waals surface area contributed by atoms with E-state index in [1.165, 1.54) is 6.07 Å². The van der Waals surface area contributed by atoms with Crippen LogP contribution in [0.25, 0.3) is 6.08 Å². The summed E-state index contributed by atoms with van der Waals surface area (Å²) < 4.78 is 13.1. The molecular weight excluding hydrogens is 187 g/mol. The number of aromatic hydroxyl groups is 1. The van der Waals surface area contributed by atoms with E-state index in [9.17, 15) is 4.39 Å². The Labute approximate surface area is 82.3 Å². The van der Waals surface area contributed by atoms with Crippen LogP contribution in [0.2, 0.25) is 0 Å². The van der Waals surface area contributed by atoms with Gasteiger partial charge in [0.1, 0.15) is 0 Å². The standard InChI is InChI=1S/C10H11FOS/c11-10-8(4-1-2-7-13)5-3-6-9(10)12/h1,3-6,12-13H,2,7H2. The Bertz CT molecular complexity index is 310. The predicted octanol–water partition coefficient (Wildman–Crippen LogP) is 2.86. The summed E-state index contributed by atoms with van der Waals surface area (Å²) in [5, 5.41) is 9.03. The molecule has 0 radical (unpaired) electrons. The summed E-state index contributed by atoms with van der Waals surface area (Å²) in [6, 6.07) is 4.55. The van der Waals surface area contributed by atoms with Crippen molar-refractivity contribution >= 4 is 18.7 Å². The fourth-order valence-electron chi connectivity index (χ4n) is 0.951. The molecule has 0 saturated carbocycles. The van der Waals surface area contributed by atoms with E-state index in [0.717, 1.165) is 12.2 Å². The number of rotatable bonds is 3. The van der Waals surface area contributed by atoms with Gasteiger partial charge in [-0.15, -0.1) is 0 Å². The van der Waals surface area contributed by atoms with Gasteiger partial charge >= 0.3 is 0 Å². The van der Waals surface area contributed by atoms with Gasteiger partial charge in [0.15, 0.2) is 11.6 Å². The highest BCUT2D eigenvalue weighted by atomic mass is 32.1. The highest BCUT2D eigenvalue weighted by Gasteiger charge is 2.02. The smallest absolute Gasteiger partial charge is 0.171 e. The molecule has 0 aliphatic heterocycles. The summed E-state index contributed by atoms with van der Waals surface area (Å²) in [4.78, 5) is 0. The van der Waals surface area contributed by atoms with E-state index in [1.54, 1.807) is 18.2 Å². The van der Waals surface area contributed by atoms with E-state index in [2.05, 4.69) is 12.6 Å². The van der Waals surface area contributed by atoms with Crippen molar-refractivity contribution in [3.05, 3.63) is 35.7 Å². The maximum atomic E-state index is 13.1. The van der Waals surface area contributed by atoms with Gasteiger partial charge < -0.3 is 5.11 Å². The Kier molecular flexibility index (Phi) is 3.83. The van der Waals surface area contributed by atoms with Crippen LogP contribution in [0, 0.1) is 5.82 Å². The molecule has 0 amide bonds.